The van der Waals surface area contributed by atoms with Crippen molar-refractivity contribution < 1.29 is 9.66 Å². The standard InChI is InChI=1S/C14H21N3O3/c1-2-20-14-9-12(8-13(10-14)17(18)19)16-7-5-11-4-3-6-15-11/h8-11,15-16H,2-7H2,1H3/t11-/m0/s1. The van der Waals surface area contributed by atoms with Crippen LogP contribution in [0.1, 0.15) is 26.2 Å². The maximum absolute atomic E-state index is 10.9. The third-order valence-electron chi connectivity index (χ3n) is 3.40. The number of ether oxygens (including phenoxy) is 1. The molecule has 6 heteroatoms. The molecule has 0 bridgehead atoms. The van der Waals surface area contributed by atoms with Crippen LogP contribution in [0.15, 0.2) is 18.2 Å². The fourth-order valence-corrected chi connectivity index (χ4v) is 2.43. The van der Waals surface area contributed by atoms with Gasteiger partial charge in [0, 0.05) is 30.4 Å². The first-order valence-corrected chi connectivity index (χ1v) is 7.08. The van der Waals surface area contributed by atoms with Gasteiger partial charge in [0.05, 0.1) is 17.6 Å². The normalized spacial score (nSPS) is 17.9. The summed E-state index contributed by atoms with van der Waals surface area (Å²) < 4.78 is 5.36. The molecule has 2 rings (SSSR count). The number of hydrogen-bond acceptors (Lipinski definition) is 5. The minimum absolute atomic E-state index is 0.0532. The van der Waals surface area contributed by atoms with Gasteiger partial charge in [-0.3, -0.25) is 10.1 Å². The summed E-state index contributed by atoms with van der Waals surface area (Å²) in [7, 11) is 0. The maximum Gasteiger partial charge on any atom is 0.275 e. The SMILES string of the molecule is CCOc1cc(NCC[C@@H]2CCCN2)cc([N+](=O)[O-])c1. The van der Waals surface area contributed by atoms with Gasteiger partial charge >= 0.3 is 0 Å². The smallest absolute Gasteiger partial charge is 0.275 e. The Labute approximate surface area is 118 Å². The van der Waals surface area contributed by atoms with Crippen molar-refractivity contribution in [3.63, 3.8) is 0 Å². The molecule has 0 unspecified atom stereocenters. The molecule has 110 valence electrons. The maximum atomic E-state index is 10.9. The lowest BCUT2D eigenvalue weighted by atomic mass is 10.1. The van der Waals surface area contributed by atoms with Crippen molar-refractivity contribution in [2.75, 3.05) is 25.0 Å². The number of nitro groups is 1. The molecule has 1 fully saturated rings. The van der Waals surface area contributed by atoms with E-state index >= 15 is 0 Å². The highest BCUT2D eigenvalue weighted by Crippen LogP contribution is 2.26. The second-order valence-corrected chi connectivity index (χ2v) is 4.91. The monoisotopic (exact) mass is 279 g/mol. The van der Waals surface area contributed by atoms with Crippen LogP contribution in [0, 0.1) is 10.1 Å². The quantitative estimate of drug-likeness (QED) is 0.592. The second kappa shape index (κ2) is 7.09. The van der Waals surface area contributed by atoms with Crippen LogP contribution in [0.4, 0.5) is 11.4 Å². The Bertz CT molecular complexity index is 459. The van der Waals surface area contributed by atoms with E-state index in [0.29, 0.717) is 18.4 Å². The van der Waals surface area contributed by atoms with Gasteiger partial charge < -0.3 is 15.4 Å². The van der Waals surface area contributed by atoms with Crippen LogP contribution in [-0.2, 0) is 0 Å². The molecule has 0 aliphatic carbocycles. The lowest BCUT2D eigenvalue weighted by Gasteiger charge is -2.12. The number of benzene rings is 1. The lowest BCUT2D eigenvalue weighted by molar-refractivity contribution is -0.384. The molecule has 1 atom stereocenters. The first-order chi connectivity index (χ1) is 9.69. The van der Waals surface area contributed by atoms with E-state index < -0.39 is 4.92 Å². The van der Waals surface area contributed by atoms with Gasteiger partial charge in [0.25, 0.3) is 5.69 Å². The highest BCUT2D eigenvalue weighted by Gasteiger charge is 2.14. The first kappa shape index (κ1) is 14.6. The molecule has 2 N–H and O–H groups in total. The number of rotatable bonds is 7. The summed E-state index contributed by atoms with van der Waals surface area (Å²) >= 11 is 0. The van der Waals surface area contributed by atoms with E-state index in [4.69, 9.17) is 4.74 Å². The van der Waals surface area contributed by atoms with Crippen molar-refractivity contribution in [2.45, 2.75) is 32.2 Å². The molecule has 1 aromatic rings. The van der Waals surface area contributed by atoms with E-state index in [1.54, 1.807) is 12.1 Å². The van der Waals surface area contributed by atoms with Gasteiger partial charge in [-0.25, -0.2) is 0 Å². The zero-order valence-electron chi connectivity index (χ0n) is 11.7. The minimum Gasteiger partial charge on any atom is -0.494 e. The Morgan fingerprint density at radius 1 is 1.50 bits per heavy atom. The third kappa shape index (κ3) is 4.09. The molecule has 6 nitrogen and oxygen atoms in total. The number of hydrogen-bond donors (Lipinski definition) is 2. The van der Waals surface area contributed by atoms with Gasteiger partial charge in [0.1, 0.15) is 5.75 Å². The fraction of sp³-hybridized carbons (Fsp3) is 0.571. The van der Waals surface area contributed by atoms with Crippen LogP contribution in [0.5, 0.6) is 5.75 Å². The molecular formula is C14H21N3O3. The molecule has 20 heavy (non-hydrogen) atoms. The molecule has 0 amide bonds. The number of non-ortho nitro benzene ring substituents is 1. The molecule has 1 aliphatic heterocycles. The Kier molecular flexibility index (Phi) is 5.17. The zero-order chi connectivity index (χ0) is 14.4. The number of nitrogens with one attached hydrogen (secondary N) is 2. The summed E-state index contributed by atoms with van der Waals surface area (Å²) in [6.07, 6.45) is 3.46. The Balaban J connectivity index is 1.96. The molecule has 1 heterocycles. The van der Waals surface area contributed by atoms with Gasteiger partial charge in [-0.1, -0.05) is 0 Å². The van der Waals surface area contributed by atoms with Crippen molar-refractivity contribution in [1.82, 2.24) is 5.32 Å². The molecule has 1 aliphatic rings. The van der Waals surface area contributed by atoms with E-state index in [9.17, 15) is 10.1 Å². The predicted octanol–water partition coefficient (Wildman–Crippen LogP) is 2.55. The number of anilines is 1. The van der Waals surface area contributed by atoms with E-state index in [1.807, 2.05) is 6.92 Å². The summed E-state index contributed by atoms with van der Waals surface area (Å²) in [6.45, 7) is 4.24. The second-order valence-electron chi connectivity index (χ2n) is 4.91. The van der Waals surface area contributed by atoms with Gasteiger partial charge in [0.15, 0.2) is 0 Å². The molecule has 0 radical (unpaired) electrons. The zero-order valence-corrected chi connectivity index (χ0v) is 11.7. The van der Waals surface area contributed by atoms with Crippen LogP contribution in [0.2, 0.25) is 0 Å². The highest BCUT2D eigenvalue weighted by atomic mass is 16.6. The molecule has 0 aromatic heterocycles. The molecule has 0 spiro atoms. The molecule has 1 saturated heterocycles. The summed E-state index contributed by atoms with van der Waals surface area (Å²) in [6, 6.07) is 5.36. The molecule has 1 aromatic carbocycles. The lowest BCUT2D eigenvalue weighted by Crippen LogP contribution is -2.24. The van der Waals surface area contributed by atoms with Crippen molar-refractivity contribution in [3.8, 4) is 5.75 Å². The number of nitrogens with zero attached hydrogens (tertiary/aromatic N) is 1. The van der Waals surface area contributed by atoms with Crippen molar-refractivity contribution in [1.29, 1.82) is 0 Å². The Morgan fingerprint density at radius 2 is 2.35 bits per heavy atom. The molecule has 0 saturated carbocycles. The third-order valence-corrected chi connectivity index (χ3v) is 3.40. The van der Waals surface area contributed by atoms with Gasteiger partial charge in [0.2, 0.25) is 0 Å². The van der Waals surface area contributed by atoms with E-state index in [2.05, 4.69) is 10.6 Å². The van der Waals surface area contributed by atoms with Crippen molar-refractivity contribution in [2.24, 2.45) is 0 Å². The van der Waals surface area contributed by atoms with Crippen molar-refractivity contribution in [3.05, 3.63) is 28.3 Å². The Morgan fingerprint density at radius 3 is 3.00 bits per heavy atom. The largest absolute Gasteiger partial charge is 0.494 e. The number of nitro benzene ring substituents is 1. The van der Waals surface area contributed by atoms with Gasteiger partial charge in [-0.15, -0.1) is 0 Å². The van der Waals surface area contributed by atoms with Crippen LogP contribution < -0.4 is 15.4 Å². The van der Waals surface area contributed by atoms with E-state index in [-0.39, 0.29) is 5.69 Å². The van der Waals surface area contributed by atoms with Crippen LogP contribution in [0.25, 0.3) is 0 Å². The Hall–Kier alpha value is -1.82. The van der Waals surface area contributed by atoms with Crippen LogP contribution in [0.3, 0.4) is 0 Å². The van der Waals surface area contributed by atoms with Crippen molar-refractivity contribution >= 4 is 11.4 Å². The molecular weight excluding hydrogens is 258 g/mol. The first-order valence-electron chi connectivity index (χ1n) is 7.08. The topological polar surface area (TPSA) is 76.4 Å². The minimum atomic E-state index is -0.397. The van der Waals surface area contributed by atoms with Crippen LogP contribution in [-0.4, -0.2) is 30.7 Å². The van der Waals surface area contributed by atoms with Gasteiger partial charge in [-0.05, 0) is 32.7 Å². The highest BCUT2D eigenvalue weighted by molar-refractivity contribution is 5.56. The van der Waals surface area contributed by atoms with Crippen LogP contribution >= 0.6 is 0 Å². The predicted molar refractivity (Wildman–Crippen MR) is 78.4 cm³/mol. The van der Waals surface area contributed by atoms with E-state index in [0.717, 1.165) is 25.2 Å². The van der Waals surface area contributed by atoms with Gasteiger partial charge in [-0.2, -0.15) is 0 Å². The summed E-state index contributed by atoms with van der Waals surface area (Å²) in [5.74, 6) is 0.531. The fourth-order valence-electron chi connectivity index (χ4n) is 2.43. The van der Waals surface area contributed by atoms with E-state index in [1.165, 1.54) is 18.9 Å². The summed E-state index contributed by atoms with van der Waals surface area (Å²) in [5, 5.41) is 17.6. The average molecular weight is 279 g/mol. The summed E-state index contributed by atoms with van der Waals surface area (Å²) in [4.78, 5) is 10.5. The average Bonchev–Trinajstić information content (AvgIpc) is 2.92. The summed E-state index contributed by atoms with van der Waals surface area (Å²) in [5.41, 5.74) is 0.790.